The summed E-state index contributed by atoms with van der Waals surface area (Å²) in [6.07, 6.45) is 1.03. The van der Waals surface area contributed by atoms with Crippen molar-refractivity contribution in [3.05, 3.63) is 102 Å². The first kappa shape index (κ1) is 25.6. The van der Waals surface area contributed by atoms with Gasteiger partial charge in [-0.25, -0.2) is 4.79 Å². The van der Waals surface area contributed by atoms with E-state index in [1.165, 1.54) is 0 Å². The van der Waals surface area contributed by atoms with Gasteiger partial charge in [0.15, 0.2) is 5.54 Å². The smallest absolute Gasteiger partial charge is 0.322 e. The molecule has 1 aliphatic heterocycles. The molecule has 0 spiro atoms. The molecule has 0 aliphatic carbocycles. The first-order valence-electron chi connectivity index (χ1n) is 11.7. The third kappa shape index (κ3) is 6.13. The minimum absolute atomic E-state index is 0.0164. The standard InChI is InChI=1S/C15H12N2O2.C13H20N2O/c18-13-15(17-14(19)16-13,11-7-3-1-4-8-11)12-9-5-2-6-10-12;1-4-9-14-11(3)13(16)15-12-8-6-5-7-10(12)2/h1-10H,(H2,16,17,18,19);5-8,11,14H,4,9H2,1-3H3,(H,15,16). The van der Waals surface area contributed by atoms with Crippen molar-refractivity contribution in [2.45, 2.75) is 38.8 Å². The van der Waals surface area contributed by atoms with Gasteiger partial charge in [-0.2, -0.15) is 0 Å². The Morgan fingerprint density at radius 2 is 1.43 bits per heavy atom. The summed E-state index contributed by atoms with van der Waals surface area (Å²) in [6, 6.07) is 25.6. The largest absolute Gasteiger partial charge is 0.324 e. The first-order chi connectivity index (χ1) is 16.9. The first-order valence-corrected chi connectivity index (χ1v) is 11.7. The number of hydrogen-bond acceptors (Lipinski definition) is 4. The molecule has 7 nitrogen and oxygen atoms in total. The fourth-order valence-electron chi connectivity index (χ4n) is 3.81. The average Bonchev–Trinajstić information content (AvgIpc) is 3.19. The van der Waals surface area contributed by atoms with Crippen molar-refractivity contribution in [2.75, 3.05) is 11.9 Å². The molecular formula is C28H32N4O3. The van der Waals surface area contributed by atoms with E-state index in [0.29, 0.717) is 0 Å². The third-order valence-electron chi connectivity index (χ3n) is 5.78. The summed E-state index contributed by atoms with van der Waals surface area (Å²) in [5.41, 5.74) is 2.31. The fraction of sp³-hybridized carbons (Fsp3) is 0.250. The molecule has 182 valence electrons. The Balaban J connectivity index is 0.000000199. The summed E-state index contributed by atoms with van der Waals surface area (Å²) in [5, 5.41) is 11.1. The number of imide groups is 1. The second kappa shape index (κ2) is 11.9. The molecule has 1 fully saturated rings. The third-order valence-corrected chi connectivity index (χ3v) is 5.78. The van der Waals surface area contributed by atoms with E-state index in [9.17, 15) is 14.4 Å². The van der Waals surface area contributed by atoms with E-state index in [-0.39, 0.29) is 17.9 Å². The number of anilines is 1. The van der Waals surface area contributed by atoms with Crippen molar-refractivity contribution >= 4 is 23.5 Å². The number of rotatable bonds is 7. The predicted octanol–water partition coefficient (Wildman–Crippen LogP) is 4.09. The molecule has 4 N–H and O–H groups in total. The fourth-order valence-corrected chi connectivity index (χ4v) is 3.81. The van der Waals surface area contributed by atoms with E-state index in [4.69, 9.17) is 0 Å². The van der Waals surface area contributed by atoms with Crippen LogP contribution in [-0.4, -0.2) is 30.4 Å². The second-order valence-electron chi connectivity index (χ2n) is 8.37. The number of para-hydroxylation sites is 1. The van der Waals surface area contributed by atoms with Crippen LogP contribution >= 0.6 is 0 Å². The zero-order valence-corrected chi connectivity index (χ0v) is 20.3. The van der Waals surface area contributed by atoms with E-state index < -0.39 is 11.6 Å². The predicted molar refractivity (Wildman–Crippen MR) is 138 cm³/mol. The number of nitrogens with one attached hydrogen (secondary N) is 4. The molecule has 0 radical (unpaired) electrons. The van der Waals surface area contributed by atoms with E-state index in [2.05, 4.69) is 28.2 Å². The maximum absolute atomic E-state index is 12.3. The zero-order valence-electron chi connectivity index (χ0n) is 20.3. The van der Waals surface area contributed by atoms with Gasteiger partial charge in [-0.05, 0) is 49.6 Å². The van der Waals surface area contributed by atoms with Crippen molar-refractivity contribution in [1.29, 1.82) is 0 Å². The molecule has 1 aliphatic rings. The SMILES string of the molecule is CCCNC(C)C(=O)Nc1ccccc1C.O=C1NC(=O)C(c2ccccc2)(c2ccccc2)N1. The second-order valence-corrected chi connectivity index (χ2v) is 8.37. The summed E-state index contributed by atoms with van der Waals surface area (Å²) < 4.78 is 0. The van der Waals surface area contributed by atoms with Gasteiger partial charge in [0.05, 0.1) is 6.04 Å². The summed E-state index contributed by atoms with van der Waals surface area (Å²) >= 11 is 0. The molecule has 1 heterocycles. The van der Waals surface area contributed by atoms with Crippen LogP contribution in [0.5, 0.6) is 0 Å². The van der Waals surface area contributed by atoms with Gasteiger partial charge in [0.1, 0.15) is 0 Å². The Morgan fingerprint density at radius 3 is 1.91 bits per heavy atom. The molecule has 0 saturated carbocycles. The van der Waals surface area contributed by atoms with Crippen LogP contribution in [0.15, 0.2) is 84.9 Å². The number of hydrogen-bond donors (Lipinski definition) is 4. The van der Waals surface area contributed by atoms with Crippen LogP contribution in [0.25, 0.3) is 0 Å². The van der Waals surface area contributed by atoms with E-state index >= 15 is 0 Å². The molecule has 4 rings (SSSR count). The number of carbonyl (C=O) groups excluding carboxylic acids is 3. The quantitative estimate of drug-likeness (QED) is 0.389. The minimum Gasteiger partial charge on any atom is -0.324 e. The Morgan fingerprint density at radius 1 is 0.886 bits per heavy atom. The van der Waals surface area contributed by atoms with Crippen LogP contribution in [0.4, 0.5) is 10.5 Å². The van der Waals surface area contributed by atoms with Crippen LogP contribution in [0.2, 0.25) is 0 Å². The maximum Gasteiger partial charge on any atom is 0.322 e. The van der Waals surface area contributed by atoms with Crippen molar-refractivity contribution in [1.82, 2.24) is 16.0 Å². The molecule has 4 amide bonds. The van der Waals surface area contributed by atoms with E-state index in [1.807, 2.05) is 98.8 Å². The minimum atomic E-state index is -1.14. The van der Waals surface area contributed by atoms with Crippen molar-refractivity contribution in [3.63, 3.8) is 0 Å². The Labute approximate surface area is 206 Å². The van der Waals surface area contributed by atoms with Gasteiger partial charge in [-0.1, -0.05) is 85.8 Å². The highest BCUT2D eigenvalue weighted by molar-refractivity contribution is 6.09. The summed E-state index contributed by atoms with van der Waals surface area (Å²) in [7, 11) is 0. The lowest BCUT2D eigenvalue weighted by molar-refractivity contribution is -0.123. The summed E-state index contributed by atoms with van der Waals surface area (Å²) in [6.45, 7) is 6.81. The average molecular weight is 473 g/mol. The normalized spacial score (nSPS) is 14.7. The van der Waals surface area contributed by atoms with Crippen LogP contribution in [0.1, 0.15) is 37.0 Å². The molecular weight excluding hydrogens is 440 g/mol. The maximum atomic E-state index is 12.3. The highest BCUT2D eigenvalue weighted by Gasteiger charge is 2.48. The van der Waals surface area contributed by atoms with Gasteiger partial charge in [0.2, 0.25) is 5.91 Å². The molecule has 0 aromatic heterocycles. The number of carbonyl (C=O) groups is 3. The van der Waals surface area contributed by atoms with Crippen molar-refractivity contribution in [3.8, 4) is 0 Å². The summed E-state index contributed by atoms with van der Waals surface area (Å²) in [4.78, 5) is 35.7. The van der Waals surface area contributed by atoms with Gasteiger partial charge < -0.3 is 16.0 Å². The molecule has 1 atom stereocenters. The van der Waals surface area contributed by atoms with Gasteiger partial charge >= 0.3 is 6.03 Å². The number of benzene rings is 3. The molecule has 7 heteroatoms. The molecule has 35 heavy (non-hydrogen) atoms. The van der Waals surface area contributed by atoms with E-state index in [1.54, 1.807) is 0 Å². The molecule has 3 aromatic rings. The number of aryl methyl sites for hydroxylation is 1. The molecule has 1 saturated heterocycles. The van der Waals surface area contributed by atoms with Crippen LogP contribution in [-0.2, 0) is 15.1 Å². The lowest BCUT2D eigenvalue weighted by Crippen LogP contribution is -2.44. The van der Waals surface area contributed by atoms with Crippen LogP contribution < -0.4 is 21.3 Å². The van der Waals surface area contributed by atoms with Crippen molar-refractivity contribution < 1.29 is 14.4 Å². The highest BCUT2D eigenvalue weighted by Crippen LogP contribution is 2.32. The van der Waals surface area contributed by atoms with Gasteiger partial charge in [-0.15, -0.1) is 0 Å². The molecule has 3 aromatic carbocycles. The van der Waals surface area contributed by atoms with Crippen LogP contribution in [0, 0.1) is 6.92 Å². The lowest BCUT2D eigenvalue weighted by atomic mass is 9.83. The van der Waals surface area contributed by atoms with Gasteiger partial charge in [-0.3, -0.25) is 14.9 Å². The molecule has 1 unspecified atom stereocenters. The van der Waals surface area contributed by atoms with E-state index in [0.717, 1.165) is 35.3 Å². The lowest BCUT2D eigenvalue weighted by Gasteiger charge is -2.27. The topological polar surface area (TPSA) is 99.3 Å². The number of amides is 4. The van der Waals surface area contributed by atoms with Crippen LogP contribution in [0.3, 0.4) is 0 Å². The highest BCUT2D eigenvalue weighted by atomic mass is 16.2. The Kier molecular flexibility index (Phi) is 8.75. The van der Waals surface area contributed by atoms with Gasteiger partial charge in [0.25, 0.3) is 5.91 Å². The molecule has 0 bridgehead atoms. The van der Waals surface area contributed by atoms with Gasteiger partial charge in [0, 0.05) is 5.69 Å². The summed E-state index contributed by atoms with van der Waals surface area (Å²) in [5.74, 6) is -0.336. The zero-order chi connectivity index (χ0) is 25.3. The van der Waals surface area contributed by atoms with Crippen molar-refractivity contribution in [2.24, 2.45) is 0 Å². The Bertz CT molecular complexity index is 1110. The monoisotopic (exact) mass is 472 g/mol. The Hall–Kier alpha value is -3.97. The number of urea groups is 1.